The smallest absolute Gasteiger partial charge is 0.274 e. The van der Waals surface area contributed by atoms with Crippen LogP contribution in [0.3, 0.4) is 0 Å². The lowest BCUT2D eigenvalue weighted by atomic mass is 9.98. The number of likely N-dealkylation sites (tertiary alicyclic amines) is 1. The molecule has 0 aromatic carbocycles. The van der Waals surface area contributed by atoms with E-state index in [0.717, 1.165) is 30.7 Å². The van der Waals surface area contributed by atoms with Crippen molar-refractivity contribution in [2.75, 3.05) is 6.54 Å². The highest BCUT2D eigenvalue weighted by Gasteiger charge is 2.30. The van der Waals surface area contributed by atoms with Crippen LogP contribution in [0.4, 0.5) is 0 Å². The molecular weight excluding hydrogens is 304 g/mol. The average Bonchev–Trinajstić information content (AvgIpc) is 3.09. The number of rotatable bonds is 2. The summed E-state index contributed by atoms with van der Waals surface area (Å²) in [6.45, 7) is 2.56. The molecule has 3 aromatic heterocycles. The third kappa shape index (κ3) is 2.62. The fourth-order valence-corrected chi connectivity index (χ4v) is 3.14. The van der Waals surface area contributed by atoms with Crippen LogP contribution in [-0.2, 0) is 0 Å². The van der Waals surface area contributed by atoms with Crippen molar-refractivity contribution >= 4 is 11.7 Å². The van der Waals surface area contributed by atoms with Crippen molar-refractivity contribution in [3.8, 4) is 0 Å². The molecule has 0 unspecified atom stereocenters. The van der Waals surface area contributed by atoms with Crippen molar-refractivity contribution in [3.05, 3.63) is 54.1 Å². The van der Waals surface area contributed by atoms with Gasteiger partial charge in [-0.2, -0.15) is 0 Å². The highest BCUT2D eigenvalue weighted by Crippen LogP contribution is 2.30. The summed E-state index contributed by atoms with van der Waals surface area (Å²) in [4.78, 5) is 32.0. The minimum Gasteiger partial charge on any atom is -0.329 e. The molecule has 1 saturated heterocycles. The number of aromatic nitrogens is 5. The maximum atomic E-state index is 12.9. The van der Waals surface area contributed by atoms with Crippen molar-refractivity contribution in [2.24, 2.45) is 0 Å². The molecule has 0 N–H and O–H groups in total. The second kappa shape index (κ2) is 5.99. The number of amides is 1. The van der Waals surface area contributed by atoms with Crippen LogP contribution in [0.15, 0.2) is 37.1 Å². The Morgan fingerprint density at radius 2 is 2.08 bits per heavy atom. The predicted molar refractivity (Wildman–Crippen MR) is 87.4 cm³/mol. The molecule has 4 rings (SSSR count). The van der Waals surface area contributed by atoms with Crippen LogP contribution in [0.2, 0.25) is 0 Å². The summed E-state index contributed by atoms with van der Waals surface area (Å²) in [5.74, 6) is 0.567. The lowest BCUT2D eigenvalue weighted by Gasteiger charge is -2.35. The topological polar surface area (TPSA) is 76.3 Å². The fourth-order valence-electron chi connectivity index (χ4n) is 3.14. The van der Waals surface area contributed by atoms with Crippen molar-refractivity contribution < 1.29 is 4.79 Å². The molecular formula is C17H18N6O. The van der Waals surface area contributed by atoms with E-state index in [0.29, 0.717) is 18.0 Å². The molecule has 0 spiro atoms. The SMILES string of the molecule is Cc1cnc(C(=O)N2CCCC[C@H]2c2ccn3ccnc3n2)cn1. The third-order valence-electron chi connectivity index (χ3n) is 4.39. The van der Waals surface area contributed by atoms with E-state index >= 15 is 0 Å². The molecule has 1 amide bonds. The van der Waals surface area contributed by atoms with Crippen molar-refractivity contribution in [1.82, 2.24) is 29.2 Å². The maximum absolute atomic E-state index is 12.9. The van der Waals surface area contributed by atoms with Crippen molar-refractivity contribution in [2.45, 2.75) is 32.2 Å². The summed E-state index contributed by atoms with van der Waals surface area (Å²) in [5.41, 5.74) is 2.06. The number of hydrogen-bond donors (Lipinski definition) is 0. The van der Waals surface area contributed by atoms with Gasteiger partial charge in [0.1, 0.15) is 5.69 Å². The number of nitrogens with zero attached hydrogens (tertiary/aromatic N) is 6. The summed E-state index contributed by atoms with van der Waals surface area (Å²) in [6.07, 6.45) is 11.7. The van der Waals surface area contributed by atoms with Crippen LogP contribution in [0, 0.1) is 6.92 Å². The second-order valence-electron chi connectivity index (χ2n) is 6.04. The Hall–Kier alpha value is -2.83. The molecule has 1 fully saturated rings. The first-order valence-corrected chi connectivity index (χ1v) is 8.11. The number of aryl methyl sites for hydroxylation is 1. The molecule has 3 aromatic rings. The molecule has 24 heavy (non-hydrogen) atoms. The number of imidazole rings is 1. The van der Waals surface area contributed by atoms with Gasteiger partial charge < -0.3 is 4.90 Å². The molecule has 0 bridgehead atoms. The number of hydrogen-bond acceptors (Lipinski definition) is 5. The molecule has 7 heteroatoms. The first-order chi connectivity index (χ1) is 11.7. The quantitative estimate of drug-likeness (QED) is 0.723. The van der Waals surface area contributed by atoms with Gasteiger partial charge >= 0.3 is 0 Å². The second-order valence-corrected chi connectivity index (χ2v) is 6.04. The summed E-state index contributed by atoms with van der Waals surface area (Å²) < 4.78 is 1.87. The number of fused-ring (bicyclic) bond motifs is 1. The molecule has 1 aliphatic rings. The highest BCUT2D eigenvalue weighted by molar-refractivity contribution is 5.92. The van der Waals surface area contributed by atoms with Gasteiger partial charge in [0, 0.05) is 31.3 Å². The van der Waals surface area contributed by atoms with Gasteiger partial charge in [-0.05, 0) is 32.3 Å². The van der Waals surface area contributed by atoms with Crippen LogP contribution < -0.4 is 0 Å². The highest BCUT2D eigenvalue weighted by atomic mass is 16.2. The van der Waals surface area contributed by atoms with Crippen LogP contribution in [-0.4, -0.2) is 41.7 Å². The van der Waals surface area contributed by atoms with E-state index < -0.39 is 0 Å². The standard InChI is InChI=1S/C17H18N6O/c1-12-10-20-14(11-19-12)16(24)23-7-3-2-4-15(23)13-5-8-22-9-6-18-17(22)21-13/h5-6,8-11,15H,2-4,7H2,1H3/t15-/m0/s1. The van der Waals surface area contributed by atoms with Crippen LogP contribution in [0.5, 0.6) is 0 Å². The largest absolute Gasteiger partial charge is 0.329 e. The molecule has 4 heterocycles. The van der Waals surface area contributed by atoms with E-state index in [1.165, 1.54) is 0 Å². The maximum Gasteiger partial charge on any atom is 0.274 e. The molecule has 7 nitrogen and oxygen atoms in total. The lowest BCUT2D eigenvalue weighted by molar-refractivity contribution is 0.0599. The summed E-state index contributed by atoms with van der Waals surface area (Å²) >= 11 is 0. The van der Waals surface area contributed by atoms with E-state index in [9.17, 15) is 4.79 Å². The molecule has 1 aliphatic heterocycles. The fraction of sp³-hybridized carbons (Fsp3) is 0.353. The Labute approximate surface area is 139 Å². The molecule has 0 aliphatic carbocycles. The Morgan fingerprint density at radius 1 is 1.17 bits per heavy atom. The molecule has 0 saturated carbocycles. The predicted octanol–water partition coefficient (Wildman–Crippen LogP) is 2.20. The lowest BCUT2D eigenvalue weighted by Crippen LogP contribution is -2.39. The Bertz CT molecular complexity index is 872. The summed E-state index contributed by atoms with van der Waals surface area (Å²) in [5, 5.41) is 0. The Balaban J connectivity index is 1.67. The van der Waals surface area contributed by atoms with Gasteiger partial charge in [0.25, 0.3) is 5.91 Å². The van der Waals surface area contributed by atoms with E-state index in [4.69, 9.17) is 0 Å². The van der Waals surface area contributed by atoms with Gasteiger partial charge in [0.2, 0.25) is 5.78 Å². The first-order valence-electron chi connectivity index (χ1n) is 8.11. The Morgan fingerprint density at radius 3 is 2.92 bits per heavy atom. The number of piperidine rings is 1. The zero-order chi connectivity index (χ0) is 16.5. The van der Waals surface area contributed by atoms with Crippen molar-refractivity contribution in [1.29, 1.82) is 0 Å². The molecule has 1 atom stereocenters. The van der Waals surface area contributed by atoms with Gasteiger partial charge in [-0.15, -0.1) is 0 Å². The average molecular weight is 322 g/mol. The van der Waals surface area contributed by atoms with E-state index in [1.807, 2.05) is 34.7 Å². The zero-order valence-electron chi connectivity index (χ0n) is 13.5. The summed E-state index contributed by atoms with van der Waals surface area (Å²) in [6, 6.07) is 1.92. The first kappa shape index (κ1) is 14.7. The van der Waals surface area contributed by atoms with Gasteiger partial charge in [-0.3, -0.25) is 14.2 Å². The van der Waals surface area contributed by atoms with Crippen LogP contribution >= 0.6 is 0 Å². The molecule has 122 valence electrons. The van der Waals surface area contributed by atoms with Gasteiger partial charge in [-0.25, -0.2) is 15.0 Å². The van der Waals surface area contributed by atoms with E-state index in [2.05, 4.69) is 19.9 Å². The minimum absolute atomic E-state index is 0.0453. The number of carbonyl (C=O) groups excluding carboxylic acids is 1. The van der Waals surface area contributed by atoms with Gasteiger partial charge in [0.05, 0.1) is 23.6 Å². The zero-order valence-corrected chi connectivity index (χ0v) is 13.5. The van der Waals surface area contributed by atoms with Gasteiger partial charge in [-0.1, -0.05) is 0 Å². The van der Waals surface area contributed by atoms with E-state index in [1.54, 1.807) is 18.6 Å². The van der Waals surface area contributed by atoms with Crippen LogP contribution in [0.1, 0.15) is 47.2 Å². The van der Waals surface area contributed by atoms with Crippen LogP contribution in [0.25, 0.3) is 5.78 Å². The van der Waals surface area contributed by atoms with Crippen molar-refractivity contribution in [3.63, 3.8) is 0 Å². The van der Waals surface area contributed by atoms with E-state index in [-0.39, 0.29) is 11.9 Å². The minimum atomic E-state index is -0.0859. The van der Waals surface area contributed by atoms with Gasteiger partial charge in [0.15, 0.2) is 0 Å². The normalized spacial score (nSPS) is 18.0. The molecule has 0 radical (unpaired) electrons. The number of carbonyl (C=O) groups is 1. The summed E-state index contributed by atoms with van der Waals surface area (Å²) in [7, 11) is 0. The monoisotopic (exact) mass is 322 g/mol. The third-order valence-corrected chi connectivity index (χ3v) is 4.39. The Kier molecular flexibility index (Phi) is 3.68.